The summed E-state index contributed by atoms with van der Waals surface area (Å²) in [5.41, 5.74) is 2.93. The fraction of sp³-hybridized carbons (Fsp3) is 0.667. The Morgan fingerprint density at radius 3 is 2.55 bits per heavy atom. The molecule has 170 valence electrons. The van der Waals surface area contributed by atoms with Crippen molar-refractivity contribution in [3.8, 4) is 0 Å². The fourth-order valence-corrected chi connectivity index (χ4v) is 4.69. The minimum absolute atomic E-state index is 0.0220. The highest BCUT2D eigenvalue weighted by molar-refractivity contribution is 5.67. The molecule has 31 heavy (non-hydrogen) atoms. The van der Waals surface area contributed by atoms with E-state index < -0.39 is 24.3 Å². The van der Waals surface area contributed by atoms with E-state index in [1.165, 1.54) is 7.11 Å². The van der Waals surface area contributed by atoms with E-state index in [2.05, 4.69) is 4.98 Å². The van der Waals surface area contributed by atoms with Crippen molar-refractivity contribution < 1.29 is 27.4 Å². The molecule has 7 nitrogen and oxygen atoms in total. The normalized spacial score (nSPS) is 27.5. The van der Waals surface area contributed by atoms with Gasteiger partial charge in [-0.3, -0.25) is 0 Å². The van der Waals surface area contributed by atoms with E-state index >= 15 is 0 Å². The summed E-state index contributed by atoms with van der Waals surface area (Å²) < 4.78 is 51.7. The molecule has 1 amide bonds. The zero-order valence-corrected chi connectivity index (χ0v) is 17.9. The van der Waals surface area contributed by atoms with Crippen LogP contribution < -0.4 is 0 Å². The molecule has 3 heterocycles. The Balaban J connectivity index is 1.61. The maximum atomic E-state index is 13.0. The maximum Gasteiger partial charge on any atom is 0.409 e. The first-order valence-electron chi connectivity index (χ1n) is 10.6. The third kappa shape index (κ3) is 4.49. The SMILES string of the molecule is COC(=O)N1C[C@H](C)O[C@@H](c2cc(C)nc3cc([C@H]4CC[C@H](C(F)(F)F)CC4)nn23)C1. The second kappa shape index (κ2) is 8.29. The van der Waals surface area contributed by atoms with Crippen LogP contribution in [0.25, 0.3) is 5.65 Å². The Kier molecular flexibility index (Phi) is 5.85. The molecule has 0 aromatic carbocycles. The van der Waals surface area contributed by atoms with Gasteiger partial charge in [0.2, 0.25) is 0 Å². The van der Waals surface area contributed by atoms with Crippen LogP contribution >= 0.6 is 0 Å². The van der Waals surface area contributed by atoms with E-state index in [-0.39, 0.29) is 24.9 Å². The van der Waals surface area contributed by atoms with E-state index in [0.717, 1.165) is 17.1 Å². The summed E-state index contributed by atoms with van der Waals surface area (Å²) in [6.45, 7) is 4.51. The molecular weight excluding hydrogens is 413 g/mol. The van der Waals surface area contributed by atoms with Crippen molar-refractivity contribution in [2.75, 3.05) is 20.2 Å². The van der Waals surface area contributed by atoms with Crippen LogP contribution in [0.2, 0.25) is 0 Å². The van der Waals surface area contributed by atoms with Gasteiger partial charge >= 0.3 is 12.3 Å². The van der Waals surface area contributed by atoms with Crippen LogP contribution in [0, 0.1) is 12.8 Å². The number of aromatic nitrogens is 3. The lowest BCUT2D eigenvalue weighted by Crippen LogP contribution is -2.46. The second-order valence-corrected chi connectivity index (χ2v) is 8.56. The van der Waals surface area contributed by atoms with Crippen molar-refractivity contribution in [1.82, 2.24) is 19.5 Å². The number of fused-ring (bicyclic) bond motifs is 1. The first-order valence-corrected chi connectivity index (χ1v) is 10.6. The van der Waals surface area contributed by atoms with Gasteiger partial charge in [0.1, 0.15) is 6.10 Å². The lowest BCUT2D eigenvalue weighted by atomic mass is 9.80. The number of hydrogen-bond acceptors (Lipinski definition) is 5. The number of morpholine rings is 1. The predicted molar refractivity (Wildman–Crippen MR) is 106 cm³/mol. The topological polar surface area (TPSA) is 69.0 Å². The highest BCUT2D eigenvalue weighted by Gasteiger charge is 2.42. The zero-order chi connectivity index (χ0) is 22.3. The molecule has 1 saturated carbocycles. The van der Waals surface area contributed by atoms with Crippen molar-refractivity contribution >= 4 is 11.7 Å². The zero-order valence-electron chi connectivity index (χ0n) is 17.9. The van der Waals surface area contributed by atoms with Crippen LogP contribution in [-0.2, 0) is 9.47 Å². The molecular formula is C21H27F3N4O3. The van der Waals surface area contributed by atoms with E-state index in [0.29, 0.717) is 31.6 Å². The minimum Gasteiger partial charge on any atom is -0.453 e. The molecule has 10 heteroatoms. The number of halogens is 3. The van der Waals surface area contributed by atoms with Gasteiger partial charge in [0, 0.05) is 17.7 Å². The molecule has 4 rings (SSSR count). The summed E-state index contributed by atoms with van der Waals surface area (Å²) in [4.78, 5) is 18.2. The minimum atomic E-state index is -4.13. The van der Waals surface area contributed by atoms with E-state index in [1.54, 1.807) is 9.42 Å². The van der Waals surface area contributed by atoms with Crippen LogP contribution in [0.3, 0.4) is 0 Å². The molecule has 1 saturated heterocycles. The highest BCUT2D eigenvalue weighted by atomic mass is 19.4. The van der Waals surface area contributed by atoms with Gasteiger partial charge in [0.25, 0.3) is 0 Å². The van der Waals surface area contributed by atoms with Gasteiger partial charge in [-0.15, -0.1) is 0 Å². The van der Waals surface area contributed by atoms with Gasteiger partial charge in [0.15, 0.2) is 5.65 Å². The summed E-state index contributed by atoms with van der Waals surface area (Å²) in [5, 5.41) is 4.71. The van der Waals surface area contributed by atoms with Gasteiger partial charge < -0.3 is 14.4 Å². The summed E-state index contributed by atoms with van der Waals surface area (Å²) >= 11 is 0. The molecule has 2 fully saturated rings. The van der Waals surface area contributed by atoms with Crippen LogP contribution in [-0.4, -0.2) is 58.1 Å². The Hall–Kier alpha value is -2.36. The molecule has 2 atom stereocenters. The molecule has 0 N–H and O–H groups in total. The predicted octanol–water partition coefficient (Wildman–Crippen LogP) is 4.40. The number of aryl methyl sites for hydroxylation is 1. The lowest BCUT2D eigenvalue weighted by Gasteiger charge is -2.36. The number of carbonyl (C=O) groups is 1. The van der Waals surface area contributed by atoms with E-state index in [4.69, 9.17) is 14.6 Å². The van der Waals surface area contributed by atoms with Crippen molar-refractivity contribution in [3.05, 3.63) is 29.2 Å². The average molecular weight is 440 g/mol. The van der Waals surface area contributed by atoms with E-state index in [9.17, 15) is 18.0 Å². The molecule has 2 aromatic rings. The van der Waals surface area contributed by atoms with Crippen molar-refractivity contribution in [3.63, 3.8) is 0 Å². The van der Waals surface area contributed by atoms with Crippen LogP contribution in [0.4, 0.5) is 18.0 Å². The molecule has 1 aliphatic carbocycles. The third-order valence-corrected chi connectivity index (χ3v) is 6.23. The van der Waals surface area contributed by atoms with Gasteiger partial charge in [-0.05, 0) is 45.6 Å². The summed E-state index contributed by atoms with van der Waals surface area (Å²) in [6.07, 6.45) is -3.99. The molecule has 0 bridgehead atoms. The first-order chi connectivity index (χ1) is 14.7. The maximum absolute atomic E-state index is 13.0. The van der Waals surface area contributed by atoms with Crippen molar-refractivity contribution in [2.45, 2.75) is 63.8 Å². The largest absolute Gasteiger partial charge is 0.453 e. The lowest BCUT2D eigenvalue weighted by molar-refractivity contribution is -0.182. The highest BCUT2D eigenvalue weighted by Crippen LogP contribution is 2.42. The molecule has 0 radical (unpaired) electrons. The molecule has 2 aromatic heterocycles. The average Bonchev–Trinajstić information content (AvgIpc) is 3.15. The number of ether oxygens (including phenoxy) is 2. The third-order valence-electron chi connectivity index (χ3n) is 6.23. The number of amides is 1. The Morgan fingerprint density at radius 2 is 1.90 bits per heavy atom. The second-order valence-electron chi connectivity index (χ2n) is 8.56. The van der Waals surface area contributed by atoms with Crippen molar-refractivity contribution in [1.29, 1.82) is 0 Å². The van der Waals surface area contributed by atoms with Crippen LogP contribution in [0.1, 0.15) is 61.7 Å². The van der Waals surface area contributed by atoms with Crippen LogP contribution in [0.5, 0.6) is 0 Å². The molecule has 0 unspecified atom stereocenters. The standard InChI is InChI=1S/C21H27F3N4O3/c1-12-8-17(18-11-27(20(29)30-3)10-13(2)31-18)28-19(25-12)9-16(26-28)14-4-6-15(7-5-14)21(22,23)24/h8-9,13-15,18H,4-7,10-11H2,1-3H3/t13-,14-,15-,18+/m0/s1. The Labute approximate surface area is 178 Å². The molecule has 2 aliphatic rings. The summed E-state index contributed by atoms with van der Waals surface area (Å²) in [6, 6.07) is 3.74. The van der Waals surface area contributed by atoms with Gasteiger partial charge in [0.05, 0.1) is 43.6 Å². The quantitative estimate of drug-likeness (QED) is 0.692. The Bertz CT molecular complexity index is 953. The van der Waals surface area contributed by atoms with Gasteiger partial charge in [-0.1, -0.05) is 0 Å². The molecule has 0 spiro atoms. The van der Waals surface area contributed by atoms with Gasteiger partial charge in [-0.25, -0.2) is 14.3 Å². The first kappa shape index (κ1) is 21.9. The smallest absolute Gasteiger partial charge is 0.409 e. The monoisotopic (exact) mass is 440 g/mol. The number of methoxy groups -OCH3 is 1. The fourth-order valence-electron chi connectivity index (χ4n) is 4.69. The summed E-state index contributed by atoms with van der Waals surface area (Å²) in [5.74, 6) is -1.25. The van der Waals surface area contributed by atoms with Gasteiger partial charge in [-0.2, -0.15) is 18.3 Å². The van der Waals surface area contributed by atoms with E-state index in [1.807, 2.05) is 26.0 Å². The number of rotatable bonds is 2. The summed E-state index contributed by atoms with van der Waals surface area (Å²) in [7, 11) is 1.35. The van der Waals surface area contributed by atoms with Crippen LogP contribution in [0.15, 0.2) is 12.1 Å². The number of carbonyl (C=O) groups excluding carboxylic acids is 1. The van der Waals surface area contributed by atoms with Crippen molar-refractivity contribution in [2.24, 2.45) is 5.92 Å². The number of alkyl halides is 3. The number of nitrogens with zero attached hydrogens (tertiary/aromatic N) is 4. The molecule has 1 aliphatic heterocycles. The number of hydrogen-bond donors (Lipinski definition) is 0. The Morgan fingerprint density at radius 1 is 1.19 bits per heavy atom.